The van der Waals surface area contributed by atoms with E-state index in [0.717, 1.165) is 5.56 Å². The predicted octanol–water partition coefficient (Wildman–Crippen LogP) is 2.59. The minimum absolute atomic E-state index is 0.00151. The molecule has 2 amide bonds. The average molecular weight is 460 g/mol. The number of benzene rings is 1. The van der Waals surface area contributed by atoms with Gasteiger partial charge in [-0.05, 0) is 42.5 Å². The van der Waals surface area contributed by atoms with Crippen LogP contribution >= 0.6 is 0 Å². The van der Waals surface area contributed by atoms with Crippen LogP contribution in [-0.2, 0) is 35.1 Å². The number of amides is 2. The number of aryl methyl sites for hydroxylation is 1. The number of ether oxygens (including phenoxy) is 1. The molecule has 176 valence electrons. The fourth-order valence-electron chi connectivity index (χ4n) is 5.10. The van der Waals surface area contributed by atoms with E-state index in [4.69, 9.17) is 4.74 Å². The highest BCUT2D eigenvalue weighted by atomic mass is 16.5. The Morgan fingerprint density at radius 2 is 1.97 bits per heavy atom. The molecule has 2 aliphatic heterocycles. The minimum atomic E-state index is -0.477. The summed E-state index contributed by atoms with van der Waals surface area (Å²) < 4.78 is 8.39. The quantitative estimate of drug-likeness (QED) is 0.634. The van der Waals surface area contributed by atoms with E-state index >= 15 is 0 Å². The van der Waals surface area contributed by atoms with Crippen LogP contribution in [-0.4, -0.2) is 50.7 Å². The Labute approximate surface area is 198 Å². The summed E-state index contributed by atoms with van der Waals surface area (Å²) in [6, 6.07) is 11.9. The highest BCUT2D eigenvalue weighted by molar-refractivity contribution is 5.93. The number of piperidine rings is 1. The number of carbonyl (C=O) groups excluding carboxylic acids is 2. The van der Waals surface area contributed by atoms with E-state index in [9.17, 15) is 9.59 Å². The normalized spacial score (nSPS) is 19.0. The second-order valence-corrected chi connectivity index (χ2v) is 9.13. The summed E-state index contributed by atoms with van der Waals surface area (Å²) in [4.78, 5) is 31.5. The molecule has 4 heterocycles. The fourth-order valence-corrected chi connectivity index (χ4v) is 5.10. The summed E-state index contributed by atoms with van der Waals surface area (Å²) in [7, 11) is 1.85. The lowest BCUT2D eigenvalue weighted by molar-refractivity contribution is -0.147. The lowest BCUT2D eigenvalue weighted by Gasteiger charge is -2.47. The van der Waals surface area contributed by atoms with Crippen molar-refractivity contribution >= 4 is 11.8 Å². The van der Waals surface area contributed by atoms with E-state index in [1.807, 2.05) is 30.3 Å². The van der Waals surface area contributed by atoms with Crippen LogP contribution in [0.15, 0.2) is 61.2 Å². The third kappa shape index (κ3) is 4.59. The molecule has 34 heavy (non-hydrogen) atoms. The summed E-state index contributed by atoms with van der Waals surface area (Å²) in [6.45, 7) is 1.65. The van der Waals surface area contributed by atoms with E-state index in [0.29, 0.717) is 50.9 Å². The zero-order valence-electron chi connectivity index (χ0n) is 19.3. The molecule has 0 aliphatic carbocycles. The molecule has 1 fully saturated rings. The van der Waals surface area contributed by atoms with Gasteiger partial charge in [-0.25, -0.2) is 0 Å². The predicted molar refractivity (Wildman–Crippen MR) is 126 cm³/mol. The number of fused-ring (bicyclic) bond motifs is 2. The fraction of sp³-hybridized carbons (Fsp3) is 0.385. The van der Waals surface area contributed by atoms with Crippen molar-refractivity contribution in [1.82, 2.24) is 25.0 Å². The Morgan fingerprint density at radius 3 is 2.71 bits per heavy atom. The highest BCUT2D eigenvalue weighted by Crippen LogP contribution is 2.44. The standard InChI is InChI=1S/C26H29N5O3/c1-30-18-19(16-29-30)15-28-24(32)14-22-13-20-5-2-3-7-23(20)26(34-22)8-11-31(12-9-26)25(33)21-6-4-10-27-17-21/h2-7,10,16-18,22H,8-9,11-15H2,1H3,(H,28,32). The zero-order valence-corrected chi connectivity index (χ0v) is 19.3. The molecule has 5 rings (SSSR count). The maximum atomic E-state index is 12.9. The summed E-state index contributed by atoms with van der Waals surface area (Å²) in [5.74, 6) is -0.0362. The molecule has 8 nitrogen and oxygen atoms in total. The van der Waals surface area contributed by atoms with Gasteiger partial charge in [-0.1, -0.05) is 24.3 Å². The van der Waals surface area contributed by atoms with Crippen molar-refractivity contribution in [3.05, 3.63) is 83.4 Å². The highest BCUT2D eigenvalue weighted by Gasteiger charge is 2.44. The van der Waals surface area contributed by atoms with E-state index in [-0.39, 0.29) is 17.9 Å². The van der Waals surface area contributed by atoms with Crippen LogP contribution in [0.1, 0.15) is 46.3 Å². The molecule has 0 radical (unpaired) electrons. The maximum absolute atomic E-state index is 12.9. The first-order valence-electron chi connectivity index (χ1n) is 11.7. The zero-order chi connectivity index (χ0) is 23.5. The van der Waals surface area contributed by atoms with Crippen molar-refractivity contribution in [3.63, 3.8) is 0 Å². The van der Waals surface area contributed by atoms with Crippen molar-refractivity contribution in [3.8, 4) is 0 Å². The third-order valence-corrected chi connectivity index (χ3v) is 6.78. The number of hydrogen-bond donors (Lipinski definition) is 1. The van der Waals surface area contributed by atoms with Crippen molar-refractivity contribution < 1.29 is 14.3 Å². The van der Waals surface area contributed by atoms with Crippen LogP contribution in [0.2, 0.25) is 0 Å². The first kappa shape index (κ1) is 22.3. The van der Waals surface area contributed by atoms with Gasteiger partial charge in [0, 0.05) is 50.8 Å². The van der Waals surface area contributed by atoms with Crippen molar-refractivity contribution in [2.75, 3.05) is 13.1 Å². The summed E-state index contributed by atoms with van der Waals surface area (Å²) >= 11 is 0. The van der Waals surface area contributed by atoms with Gasteiger partial charge in [0.1, 0.15) is 0 Å². The Balaban J connectivity index is 1.26. The van der Waals surface area contributed by atoms with Crippen molar-refractivity contribution in [1.29, 1.82) is 0 Å². The van der Waals surface area contributed by atoms with E-state index in [1.165, 1.54) is 11.1 Å². The number of carbonyl (C=O) groups is 2. The van der Waals surface area contributed by atoms with E-state index in [2.05, 4.69) is 27.5 Å². The SMILES string of the molecule is Cn1cc(CNC(=O)CC2Cc3ccccc3C3(CCN(C(=O)c4cccnc4)CC3)O2)cn1. The van der Waals surface area contributed by atoms with Gasteiger partial charge in [0.05, 0.1) is 29.9 Å². The van der Waals surface area contributed by atoms with Gasteiger partial charge in [-0.2, -0.15) is 5.10 Å². The topological polar surface area (TPSA) is 89.4 Å². The van der Waals surface area contributed by atoms with Gasteiger partial charge >= 0.3 is 0 Å². The molecule has 1 N–H and O–H groups in total. The number of aromatic nitrogens is 3. The number of nitrogens with one attached hydrogen (secondary N) is 1. The lowest BCUT2D eigenvalue weighted by Crippen LogP contribution is -2.50. The van der Waals surface area contributed by atoms with Gasteiger partial charge in [0.25, 0.3) is 5.91 Å². The van der Waals surface area contributed by atoms with Crippen LogP contribution in [0.3, 0.4) is 0 Å². The summed E-state index contributed by atoms with van der Waals surface area (Å²) in [5.41, 5.74) is 3.51. The number of hydrogen-bond acceptors (Lipinski definition) is 5. The van der Waals surface area contributed by atoms with Crippen LogP contribution < -0.4 is 5.32 Å². The van der Waals surface area contributed by atoms with Gasteiger partial charge in [-0.3, -0.25) is 19.3 Å². The molecule has 1 spiro atoms. The van der Waals surface area contributed by atoms with Crippen LogP contribution in [0.5, 0.6) is 0 Å². The molecule has 0 bridgehead atoms. The maximum Gasteiger partial charge on any atom is 0.255 e. The molecule has 1 aromatic carbocycles. The Hall–Kier alpha value is -3.52. The Bertz CT molecular complexity index is 1170. The second-order valence-electron chi connectivity index (χ2n) is 9.13. The molecule has 2 aromatic heterocycles. The minimum Gasteiger partial charge on any atom is -0.366 e. The first-order chi connectivity index (χ1) is 16.5. The molecule has 0 saturated carbocycles. The van der Waals surface area contributed by atoms with Gasteiger partial charge in [-0.15, -0.1) is 0 Å². The molecule has 1 unspecified atom stereocenters. The number of pyridine rings is 1. The number of rotatable bonds is 5. The monoisotopic (exact) mass is 459 g/mol. The molecule has 2 aliphatic rings. The molecular formula is C26H29N5O3. The van der Waals surface area contributed by atoms with Crippen LogP contribution in [0, 0.1) is 0 Å². The number of nitrogens with zero attached hydrogens (tertiary/aromatic N) is 4. The van der Waals surface area contributed by atoms with Crippen LogP contribution in [0.25, 0.3) is 0 Å². The largest absolute Gasteiger partial charge is 0.366 e. The number of likely N-dealkylation sites (tertiary alicyclic amines) is 1. The van der Waals surface area contributed by atoms with Crippen LogP contribution in [0.4, 0.5) is 0 Å². The Kier molecular flexibility index (Phi) is 6.15. The first-order valence-corrected chi connectivity index (χ1v) is 11.7. The summed E-state index contributed by atoms with van der Waals surface area (Å²) in [5, 5.41) is 7.12. The average Bonchev–Trinajstić information content (AvgIpc) is 3.28. The van der Waals surface area contributed by atoms with Crippen molar-refractivity contribution in [2.24, 2.45) is 7.05 Å². The third-order valence-electron chi connectivity index (χ3n) is 6.78. The molecule has 3 aromatic rings. The summed E-state index contributed by atoms with van der Waals surface area (Å²) in [6.07, 6.45) is 9.12. The molecule has 1 atom stereocenters. The smallest absolute Gasteiger partial charge is 0.255 e. The van der Waals surface area contributed by atoms with Gasteiger partial charge in [0.2, 0.25) is 5.91 Å². The van der Waals surface area contributed by atoms with Gasteiger partial charge < -0.3 is 15.0 Å². The molecule has 1 saturated heterocycles. The molecule has 8 heteroatoms. The second kappa shape index (κ2) is 9.38. The molecular weight excluding hydrogens is 430 g/mol. The Morgan fingerprint density at radius 1 is 1.15 bits per heavy atom. The van der Waals surface area contributed by atoms with Gasteiger partial charge in [0.15, 0.2) is 0 Å². The lowest BCUT2D eigenvalue weighted by atomic mass is 9.77. The van der Waals surface area contributed by atoms with E-state index in [1.54, 1.807) is 35.4 Å². The van der Waals surface area contributed by atoms with Crippen molar-refractivity contribution in [2.45, 2.75) is 43.9 Å². The van der Waals surface area contributed by atoms with E-state index < -0.39 is 5.60 Å².